The fourth-order valence-corrected chi connectivity index (χ4v) is 10.4. The molecule has 0 radical (unpaired) electrons. The zero-order valence-corrected chi connectivity index (χ0v) is 21.0. The van der Waals surface area contributed by atoms with Gasteiger partial charge in [-0.15, -0.1) is 0 Å². The van der Waals surface area contributed by atoms with Gasteiger partial charge in [-0.1, -0.05) is 40.7 Å². The quantitative estimate of drug-likeness (QED) is 0.574. The summed E-state index contributed by atoms with van der Waals surface area (Å²) >= 11 is 0. The highest BCUT2D eigenvalue weighted by atomic mass is 16.6. The standard InChI is InChI=1S/C29H44O3/c1-15(2)16(3)18-12-19(18)17(4)21-9-10-22-20-13-25-29(32-25)11-7-8-24(31)28(29,6)26(20)23(30)14-27(21,22)5/h7-8,15-23,25-26,30H,9-14H2,1-6H3/t16-,17-,18-,19-,20+,21-,22+,23-,25-,26-,27-,28-,29-/m1/s1. The molecule has 1 aliphatic heterocycles. The number of allylic oxidation sites excluding steroid dienone is 1. The Kier molecular flexibility index (Phi) is 4.58. The molecular formula is C29H44O3. The summed E-state index contributed by atoms with van der Waals surface area (Å²) in [5.74, 6) is 6.12. The largest absolute Gasteiger partial charge is 0.393 e. The van der Waals surface area contributed by atoms with Gasteiger partial charge in [-0.25, -0.2) is 0 Å². The molecule has 4 saturated carbocycles. The number of carbonyl (C=O) groups is 1. The third kappa shape index (κ3) is 2.54. The van der Waals surface area contributed by atoms with Gasteiger partial charge in [0.05, 0.1) is 17.6 Å². The molecule has 178 valence electrons. The highest BCUT2D eigenvalue weighted by Crippen LogP contribution is 2.73. The molecule has 3 nitrogen and oxygen atoms in total. The van der Waals surface area contributed by atoms with E-state index in [2.05, 4.69) is 41.5 Å². The predicted molar refractivity (Wildman–Crippen MR) is 126 cm³/mol. The molecule has 1 heterocycles. The minimum Gasteiger partial charge on any atom is -0.393 e. The number of rotatable bonds is 4. The molecule has 3 heteroatoms. The highest BCUT2D eigenvalue weighted by molar-refractivity contribution is 5.97. The van der Waals surface area contributed by atoms with Gasteiger partial charge in [0.25, 0.3) is 0 Å². The van der Waals surface area contributed by atoms with Gasteiger partial charge in [0.2, 0.25) is 0 Å². The van der Waals surface area contributed by atoms with Crippen LogP contribution in [0.3, 0.4) is 0 Å². The topological polar surface area (TPSA) is 49.8 Å². The molecule has 6 rings (SSSR count). The van der Waals surface area contributed by atoms with Crippen molar-refractivity contribution in [3.05, 3.63) is 12.2 Å². The zero-order chi connectivity index (χ0) is 22.8. The van der Waals surface area contributed by atoms with Crippen LogP contribution in [0.1, 0.15) is 80.1 Å². The van der Waals surface area contributed by atoms with Crippen molar-refractivity contribution in [2.24, 2.45) is 64.1 Å². The van der Waals surface area contributed by atoms with Crippen molar-refractivity contribution in [3.63, 3.8) is 0 Å². The van der Waals surface area contributed by atoms with Crippen molar-refractivity contribution in [2.45, 2.75) is 97.9 Å². The average molecular weight is 441 g/mol. The zero-order valence-electron chi connectivity index (χ0n) is 21.0. The lowest BCUT2D eigenvalue weighted by atomic mass is 9.44. The van der Waals surface area contributed by atoms with Crippen LogP contribution in [0.5, 0.6) is 0 Å². The molecule has 1 saturated heterocycles. The van der Waals surface area contributed by atoms with E-state index in [1.165, 1.54) is 19.3 Å². The molecule has 0 bridgehead atoms. The Morgan fingerprint density at radius 1 is 1.09 bits per heavy atom. The Labute approximate surface area is 194 Å². The van der Waals surface area contributed by atoms with Gasteiger partial charge in [-0.3, -0.25) is 4.79 Å². The average Bonchev–Trinajstić information content (AvgIpc) is 3.62. The van der Waals surface area contributed by atoms with Gasteiger partial charge < -0.3 is 9.84 Å². The number of aliphatic hydroxyl groups excluding tert-OH is 1. The van der Waals surface area contributed by atoms with Crippen LogP contribution in [0.25, 0.3) is 0 Å². The van der Waals surface area contributed by atoms with E-state index in [1.54, 1.807) is 6.08 Å². The summed E-state index contributed by atoms with van der Waals surface area (Å²) in [5.41, 5.74) is -0.671. The van der Waals surface area contributed by atoms with Crippen LogP contribution >= 0.6 is 0 Å². The Balaban J connectivity index is 1.28. The summed E-state index contributed by atoms with van der Waals surface area (Å²) in [5, 5.41) is 11.7. The molecule has 32 heavy (non-hydrogen) atoms. The van der Waals surface area contributed by atoms with E-state index in [4.69, 9.17) is 4.74 Å². The Hall–Kier alpha value is -0.670. The number of ether oxygens (including phenoxy) is 1. The molecule has 6 aliphatic rings. The molecular weight excluding hydrogens is 396 g/mol. The van der Waals surface area contributed by atoms with Crippen LogP contribution in [0, 0.1) is 64.1 Å². The fraction of sp³-hybridized carbons (Fsp3) is 0.897. The first-order chi connectivity index (χ1) is 15.1. The summed E-state index contributed by atoms with van der Waals surface area (Å²) in [7, 11) is 0. The molecule has 0 aromatic carbocycles. The third-order valence-electron chi connectivity index (χ3n) is 12.5. The van der Waals surface area contributed by atoms with Crippen LogP contribution in [0.15, 0.2) is 12.2 Å². The lowest BCUT2D eigenvalue weighted by molar-refractivity contribution is -0.166. The highest BCUT2D eigenvalue weighted by Gasteiger charge is 2.78. The fourth-order valence-electron chi connectivity index (χ4n) is 10.4. The van der Waals surface area contributed by atoms with E-state index in [0.717, 1.165) is 48.9 Å². The SMILES string of the molecule is CC(C)[C@@H](C)[C@H]1C[C@@H]1[C@@H](C)[C@H]1CC[C@H]2[C@@H]3C[C@H]4O[C@]45CC=CC(=O)[C@]5(C)[C@H]3[C@H](O)C[C@]12C. The van der Waals surface area contributed by atoms with E-state index in [-0.39, 0.29) is 34.9 Å². The minimum absolute atomic E-state index is 0.0560. The van der Waals surface area contributed by atoms with Crippen molar-refractivity contribution in [1.29, 1.82) is 0 Å². The van der Waals surface area contributed by atoms with Crippen LogP contribution < -0.4 is 0 Å². The van der Waals surface area contributed by atoms with E-state index >= 15 is 0 Å². The van der Waals surface area contributed by atoms with Crippen molar-refractivity contribution in [3.8, 4) is 0 Å². The second-order valence-electron chi connectivity index (χ2n) is 13.7. The van der Waals surface area contributed by atoms with Crippen LogP contribution in [0.2, 0.25) is 0 Å². The summed E-state index contributed by atoms with van der Waals surface area (Å²) in [4.78, 5) is 13.3. The lowest BCUT2D eigenvalue weighted by Crippen LogP contribution is -2.64. The summed E-state index contributed by atoms with van der Waals surface area (Å²) in [6, 6.07) is 0. The molecule has 0 amide bonds. The number of hydrogen-bond acceptors (Lipinski definition) is 3. The number of carbonyl (C=O) groups excluding carboxylic acids is 1. The predicted octanol–water partition coefficient (Wildman–Crippen LogP) is 5.66. The number of epoxide rings is 1. The van der Waals surface area contributed by atoms with Crippen LogP contribution in [-0.4, -0.2) is 28.7 Å². The molecule has 5 fully saturated rings. The van der Waals surface area contributed by atoms with Crippen molar-refractivity contribution in [2.75, 3.05) is 0 Å². The van der Waals surface area contributed by atoms with Gasteiger partial charge in [0.15, 0.2) is 5.78 Å². The lowest BCUT2D eigenvalue weighted by Gasteiger charge is -2.59. The van der Waals surface area contributed by atoms with E-state index < -0.39 is 5.41 Å². The van der Waals surface area contributed by atoms with Gasteiger partial charge in [0, 0.05) is 5.92 Å². The van der Waals surface area contributed by atoms with Gasteiger partial charge >= 0.3 is 0 Å². The molecule has 0 aromatic heterocycles. The first kappa shape index (κ1) is 21.8. The summed E-state index contributed by atoms with van der Waals surface area (Å²) < 4.78 is 6.37. The number of ketones is 1. The van der Waals surface area contributed by atoms with E-state index in [1.807, 2.05) is 6.08 Å². The maximum absolute atomic E-state index is 13.3. The smallest absolute Gasteiger partial charge is 0.164 e. The molecule has 13 atom stereocenters. The summed E-state index contributed by atoms with van der Waals surface area (Å²) in [6.07, 6.45) is 10.4. The maximum Gasteiger partial charge on any atom is 0.164 e. The maximum atomic E-state index is 13.3. The normalized spacial score (nSPS) is 57.3. The van der Waals surface area contributed by atoms with Crippen molar-refractivity contribution >= 4 is 5.78 Å². The first-order valence-corrected chi connectivity index (χ1v) is 13.6. The van der Waals surface area contributed by atoms with Crippen LogP contribution in [-0.2, 0) is 9.53 Å². The second-order valence-corrected chi connectivity index (χ2v) is 13.7. The first-order valence-electron chi connectivity index (χ1n) is 13.6. The Morgan fingerprint density at radius 3 is 2.56 bits per heavy atom. The molecule has 0 aromatic rings. The van der Waals surface area contributed by atoms with Crippen molar-refractivity contribution < 1.29 is 14.6 Å². The second kappa shape index (κ2) is 6.72. The Morgan fingerprint density at radius 2 is 1.84 bits per heavy atom. The number of aliphatic hydroxyl groups is 1. The number of fused-ring (bicyclic) bond motifs is 4. The van der Waals surface area contributed by atoms with E-state index in [0.29, 0.717) is 17.8 Å². The number of hydrogen-bond donors (Lipinski definition) is 1. The van der Waals surface area contributed by atoms with E-state index in [9.17, 15) is 9.90 Å². The molecule has 5 aliphatic carbocycles. The monoisotopic (exact) mass is 440 g/mol. The molecule has 1 spiro atoms. The van der Waals surface area contributed by atoms with Gasteiger partial charge in [0.1, 0.15) is 5.60 Å². The molecule has 0 unspecified atom stereocenters. The van der Waals surface area contributed by atoms with Crippen LogP contribution in [0.4, 0.5) is 0 Å². The van der Waals surface area contributed by atoms with Gasteiger partial charge in [-0.2, -0.15) is 0 Å². The van der Waals surface area contributed by atoms with Crippen molar-refractivity contribution in [1.82, 2.24) is 0 Å². The molecule has 1 N–H and O–H groups in total. The minimum atomic E-state index is -0.548. The summed E-state index contributed by atoms with van der Waals surface area (Å²) in [6.45, 7) is 14.4. The van der Waals surface area contributed by atoms with Gasteiger partial charge in [-0.05, 0) is 104 Å². The third-order valence-corrected chi connectivity index (χ3v) is 12.5. The Bertz CT molecular complexity index is 847.